The quantitative estimate of drug-likeness (QED) is 0.596. The molecule has 1 fully saturated rings. The van der Waals surface area contributed by atoms with Crippen LogP contribution in [0.1, 0.15) is 30.1 Å². The van der Waals surface area contributed by atoms with E-state index >= 15 is 0 Å². The van der Waals surface area contributed by atoms with Crippen LogP contribution in [0, 0.1) is 5.92 Å². The van der Waals surface area contributed by atoms with Crippen LogP contribution in [0.2, 0.25) is 0 Å². The predicted molar refractivity (Wildman–Crippen MR) is 122 cm³/mol. The van der Waals surface area contributed by atoms with Crippen molar-refractivity contribution >= 4 is 16.9 Å². The number of carbonyl (C=O) groups is 1. The highest BCUT2D eigenvalue weighted by Crippen LogP contribution is 2.42. The molecular weight excluding hydrogens is 408 g/mol. The summed E-state index contributed by atoms with van der Waals surface area (Å²) in [6, 6.07) is 15.9. The molecule has 1 aliphatic rings. The number of benzene rings is 2. The van der Waals surface area contributed by atoms with Crippen LogP contribution in [0.3, 0.4) is 0 Å². The van der Waals surface area contributed by atoms with Gasteiger partial charge in [0.1, 0.15) is 0 Å². The first-order valence-electron chi connectivity index (χ1n) is 10.7. The lowest BCUT2D eigenvalue weighted by Crippen LogP contribution is -2.39. The summed E-state index contributed by atoms with van der Waals surface area (Å²) in [6.45, 7) is 1.32. The lowest BCUT2D eigenvalue weighted by Gasteiger charge is -2.37. The molecule has 4 rings (SSSR count). The van der Waals surface area contributed by atoms with Crippen molar-refractivity contribution in [3.8, 4) is 17.2 Å². The Morgan fingerprint density at radius 1 is 1.00 bits per heavy atom. The number of carboxylic acids is 1. The molecular formula is C25H28N2O5. The SMILES string of the molecule is COc1cc(C(c2ccc3ccccc3n2)N2CCC(C(=O)O)CC2)cc(OC)c1OC. The Bertz CT molecular complexity index is 1080. The Balaban J connectivity index is 1.81. The van der Waals surface area contributed by atoms with Gasteiger partial charge in [0.15, 0.2) is 11.5 Å². The minimum atomic E-state index is -0.724. The van der Waals surface area contributed by atoms with E-state index in [0.717, 1.165) is 22.2 Å². The fourth-order valence-electron chi connectivity index (χ4n) is 4.47. The van der Waals surface area contributed by atoms with Gasteiger partial charge in [0.2, 0.25) is 5.75 Å². The molecule has 1 saturated heterocycles. The van der Waals surface area contributed by atoms with Gasteiger partial charge in [-0.2, -0.15) is 0 Å². The Morgan fingerprint density at radius 3 is 2.25 bits per heavy atom. The van der Waals surface area contributed by atoms with Crippen LogP contribution < -0.4 is 14.2 Å². The lowest BCUT2D eigenvalue weighted by atomic mass is 9.92. The Kier molecular flexibility index (Phi) is 6.46. The second kappa shape index (κ2) is 9.44. The van der Waals surface area contributed by atoms with E-state index in [1.807, 2.05) is 42.5 Å². The Labute approximate surface area is 187 Å². The van der Waals surface area contributed by atoms with Crippen molar-refractivity contribution in [3.05, 3.63) is 59.8 Å². The summed E-state index contributed by atoms with van der Waals surface area (Å²) in [7, 11) is 4.78. The number of methoxy groups -OCH3 is 3. The molecule has 32 heavy (non-hydrogen) atoms. The molecule has 0 spiro atoms. The third kappa shape index (κ3) is 4.21. The van der Waals surface area contributed by atoms with Crippen molar-refractivity contribution in [3.63, 3.8) is 0 Å². The summed E-state index contributed by atoms with van der Waals surface area (Å²) < 4.78 is 16.7. The summed E-state index contributed by atoms with van der Waals surface area (Å²) >= 11 is 0. The van der Waals surface area contributed by atoms with Crippen LogP contribution in [-0.4, -0.2) is 55.4 Å². The van der Waals surface area contributed by atoms with Crippen LogP contribution >= 0.6 is 0 Å². The van der Waals surface area contributed by atoms with Gasteiger partial charge in [-0.25, -0.2) is 0 Å². The number of hydrogen-bond acceptors (Lipinski definition) is 6. The summed E-state index contributed by atoms with van der Waals surface area (Å²) in [6.07, 6.45) is 1.20. The number of rotatable bonds is 7. The van der Waals surface area contributed by atoms with Gasteiger partial charge >= 0.3 is 5.97 Å². The van der Waals surface area contributed by atoms with E-state index in [0.29, 0.717) is 43.2 Å². The van der Waals surface area contributed by atoms with E-state index in [1.165, 1.54) is 0 Å². The molecule has 7 heteroatoms. The van der Waals surface area contributed by atoms with E-state index in [9.17, 15) is 9.90 Å². The molecule has 0 bridgehead atoms. The number of nitrogens with zero attached hydrogens (tertiary/aromatic N) is 2. The van der Waals surface area contributed by atoms with Gasteiger partial charge in [0, 0.05) is 5.39 Å². The maximum Gasteiger partial charge on any atom is 0.306 e. The predicted octanol–water partition coefficient (Wildman–Crippen LogP) is 4.15. The zero-order chi connectivity index (χ0) is 22.7. The van der Waals surface area contributed by atoms with Gasteiger partial charge < -0.3 is 19.3 Å². The number of piperidine rings is 1. The van der Waals surface area contributed by atoms with Crippen LogP contribution in [0.15, 0.2) is 48.5 Å². The molecule has 3 aromatic rings. The van der Waals surface area contributed by atoms with Gasteiger partial charge in [-0.05, 0) is 55.8 Å². The number of carboxylic acid groups (broad SMARTS) is 1. The van der Waals surface area contributed by atoms with Gasteiger partial charge in [-0.3, -0.25) is 14.7 Å². The number of likely N-dealkylation sites (tertiary alicyclic amines) is 1. The first kappa shape index (κ1) is 21.9. The molecule has 1 atom stereocenters. The monoisotopic (exact) mass is 436 g/mol. The van der Waals surface area contributed by atoms with Crippen molar-refractivity contribution in [1.82, 2.24) is 9.88 Å². The molecule has 0 saturated carbocycles. The highest BCUT2D eigenvalue weighted by atomic mass is 16.5. The smallest absolute Gasteiger partial charge is 0.306 e. The number of hydrogen-bond donors (Lipinski definition) is 1. The molecule has 1 aliphatic heterocycles. The second-order valence-corrected chi connectivity index (χ2v) is 7.94. The zero-order valence-electron chi connectivity index (χ0n) is 18.6. The minimum absolute atomic E-state index is 0.178. The lowest BCUT2D eigenvalue weighted by molar-refractivity contribution is -0.143. The minimum Gasteiger partial charge on any atom is -0.493 e. The number of fused-ring (bicyclic) bond motifs is 1. The number of para-hydroxylation sites is 1. The van der Waals surface area contributed by atoms with Crippen molar-refractivity contribution in [2.45, 2.75) is 18.9 Å². The van der Waals surface area contributed by atoms with Gasteiger partial charge in [0.25, 0.3) is 0 Å². The molecule has 2 heterocycles. The highest BCUT2D eigenvalue weighted by Gasteiger charge is 2.32. The van der Waals surface area contributed by atoms with E-state index in [1.54, 1.807) is 21.3 Å². The fraction of sp³-hybridized carbons (Fsp3) is 0.360. The van der Waals surface area contributed by atoms with Gasteiger partial charge in [0.05, 0.1) is 44.5 Å². The molecule has 2 aromatic carbocycles. The molecule has 0 aliphatic carbocycles. The number of ether oxygens (including phenoxy) is 3. The van der Waals surface area contributed by atoms with Crippen LogP contribution in [-0.2, 0) is 4.79 Å². The zero-order valence-corrected chi connectivity index (χ0v) is 18.6. The van der Waals surface area contributed by atoms with E-state index in [-0.39, 0.29) is 12.0 Å². The maximum atomic E-state index is 11.5. The number of aliphatic carboxylic acids is 1. The van der Waals surface area contributed by atoms with Gasteiger partial charge in [-0.15, -0.1) is 0 Å². The highest BCUT2D eigenvalue weighted by molar-refractivity contribution is 5.78. The third-order valence-electron chi connectivity index (χ3n) is 6.15. The number of pyridine rings is 1. The average molecular weight is 437 g/mol. The van der Waals surface area contributed by atoms with E-state index in [2.05, 4.69) is 11.0 Å². The topological polar surface area (TPSA) is 81.1 Å². The maximum absolute atomic E-state index is 11.5. The van der Waals surface area contributed by atoms with Crippen LogP contribution in [0.4, 0.5) is 0 Å². The van der Waals surface area contributed by atoms with Gasteiger partial charge in [-0.1, -0.05) is 24.3 Å². The van der Waals surface area contributed by atoms with Crippen molar-refractivity contribution in [2.75, 3.05) is 34.4 Å². The normalized spacial score (nSPS) is 16.0. The molecule has 1 aromatic heterocycles. The fourth-order valence-corrected chi connectivity index (χ4v) is 4.47. The van der Waals surface area contributed by atoms with E-state index < -0.39 is 5.97 Å². The first-order chi connectivity index (χ1) is 15.5. The molecule has 1 unspecified atom stereocenters. The van der Waals surface area contributed by atoms with E-state index in [4.69, 9.17) is 19.2 Å². The summed E-state index contributed by atoms with van der Waals surface area (Å²) in [5.74, 6) is 0.656. The van der Waals surface area contributed by atoms with Crippen LogP contribution in [0.5, 0.6) is 17.2 Å². The first-order valence-corrected chi connectivity index (χ1v) is 10.7. The second-order valence-electron chi connectivity index (χ2n) is 7.94. The third-order valence-corrected chi connectivity index (χ3v) is 6.15. The molecule has 0 amide bonds. The van der Waals surface area contributed by atoms with Crippen molar-refractivity contribution < 1.29 is 24.1 Å². The van der Waals surface area contributed by atoms with Crippen molar-refractivity contribution in [2.24, 2.45) is 5.92 Å². The molecule has 168 valence electrons. The standard InChI is InChI=1S/C25H28N2O5/c1-30-21-14-18(15-22(31-2)24(21)32-3)23(27-12-10-17(11-13-27)25(28)29)20-9-8-16-6-4-5-7-19(16)26-20/h4-9,14-15,17,23H,10-13H2,1-3H3,(H,28,29). The Morgan fingerprint density at radius 2 is 1.66 bits per heavy atom. The number of aromatic nitrogens is 1. The van der Waals surface area contributed by atoms with Crippen LogP contribution in [0.25, 0.3) is 10.9 Å². The average Bonchev–Trinajstić information content (AvgIpc) is 2.83. The molecule has 7 nitrogen and oxygen atoms in total. The summed E-state index contributed by atoms with van der Waals surface area (Å²) in [4.78, 5) is 18.7. The van der Waals surface area contributed by atoms with Crippen molar-refractivity contribution in [1.29, 1.82) is 0 Å². The summed E-state index contributed by atoms with van der Waals surface area (Å²) in [5.41, 5.74) is 2.77. The molecule has 0 radical (unpaired) electrons. The largest absolute Gasteiger partial charge is 0.493 e. The summed E-state index contributed by atoms with van der Waals surface area (Å²) in [5, 5.41) is 10.5. The Hall–Kier alpha value is -3.32. The molecule has 1 N–H and O–H groups in total.